The number of phenols is 1. The van der Waals surface area contributed by atoms with E-state index < -0.39 is 0 Å². The number of nitrogens with one attached hydrogen (secondary N) is 2. The van der Waals surface area contributed by atoms with Crippen LogP contribution in [0.2, 0.25) is 10.0 Å². The highest BCUT2D eigenvalue weighted by atomic mass is 35.5. The van der Waals surface area contributed by atoms with E-state index in [4.69, 9.17) is 23.2 Å². The molecule has 0 fully saturated rings. The number of nitrogens with zero attached hydrogens (tertiary/aromatic N) is 3. The van der Waals surface area contributed by atoms with Gasteiger partial charge in [-0.1, -0.05) is 23.2 Å². The van der Waals surface area contributed by atoms with Gasteiger partial charge in [0.05, 0.1) is 15.7 Å². The predicted molar refractivity (Wildman–Crippen MR) is 105 cm³/mol. The molecular formula is C18H17Cl2N5O. The third-order valence-electron chi connectivity index (χ3n) is 3.39. The zero-order chi connectivity index (χ0) is 18.7. The topological polar surface area (TPSA) is 83.0 Å². The summed E-state index contributed by atoms with van der Waals surface area (Å²) in [4.78, 5) is 13.1. The van der Waals surface area contributed by atoms with Crippen molar-refractivity contribution in [1.29, 1.82) is 0 Å². The third kappa shape index (κ3) is 4.33. The van der Waals surface area contributed by atoms with Gasteiger partial charge in [0.25, 0.3) is 0 Å². The molecule has 0 bridgehead atoms. The lowest BCUT2D eigenvalue weighted by Gasteiger charge is -2.13. The molecule has 0 amide bonds. The number of aromatic hydroxyl groups is 1. The van der Waals surface area contributed by atoms with E-state index in [2.05, 4.69) is 25.6 Å². The number of anilines is 3. The molecule has 0 saturated heterocycles. The summed E-state index contributed by atoms with van der Waals surface area (Å²) in [5, 5.41) is 16.4. The van der Waals surface area contributed by atoms with Crippen molar-refractivity contribution in [2.45, 2.75) is 19.9 Å². The molecule has 0 spiro atoms. The summed E-state index contributed by atoms with van der Waals surface area (Å²) < 4.78 is 0. The molecule has 2 heterocycles. The Morgan fingerprint density at radius 3 is 2.42 bits per heavy atom. The molecule has 26 heavy (non-hydrogen) atoms. The average Bonchev–Trinajstić information content (AvgIpc) is 2.59. The number of hydrogen-bond acceptors (Lipinski definition) is 6. The summed E-state index contributed by atoms with van der Waals surface area (Å²) in [6.45, 7) is 4.01. The first-order valence-electron chi connectivity index (χ1n) is 7.93. The van der Waals surface area contributed by atoms with E-state index in [9.17, 15) is 5.11 Å². The van der Waals surface area contributed by atoms with Crippen LogP contribution < -0.4 is 10.6 Å². The van der Waals surface area contributed by atoms with Crippen LogP contribution in [0.4, 0.5) is 17.5 Å². The fourth-order valence-electron chi connectivity index (χ4n) is 2.28. The first kappa shape index (κ1) is 18.2. The molecule has 8 heteroatoms. The second-order valence-corrected chi connectivity index (χ2v) is 6.73. The number of halogens is 2. The maximum atomic E-state index is 9.70. The number of phenolic OH excluding ortho intramolecular Hbond substituents is 1. The van der Waals surface area contributed by atoms with Gasteiger partial charge in [0.2, 0.25) is 5.95 Å². The normalized spacial score (nSPS) is 10.8. The summed E-state index contributed by atoms with van der Waals surface area (Å²) in [7, 11) is 0. The van der Waals surface area contributed by atoms with E-state index in [0.717, 1.165) is 11.3 Å². The van der Waals surface area contributed by atoms with Crippen LogP contribution in [-0.4, -0.2) is 26.1 Å². The smallest absolute Gasteiger partial charge is 0.225 e. The maximum absolute atomic E-state index is 9.70. The zero-order valence-electron chi connectivity index (χ0n) is 14.2. The molecule has 0 aliphatic heterocycles. The molecule has 3 rings (SSSR count). The Bertz CT molecular complexity index is 896. The molecule has 0 atom stereocenters. The third-order valence-corrected chi connectivity index (χ3v) is 3.97. The van der Waals surface area contributed by atoms with E-state index in [1.807, 2.05) is 26.0 Å². The van der Waals surface area contributed by atoms with E-state index in [1.165, 1.54) is 0 Å². The summed E-state index contributed by atoms with van der Waals surface area (Å²) in [6.07, 6.45) is 3.44. The first-order valence-corrected chi connectivity index (χ1v) is 8.69. The van der Waals surface area contributed by atoms with Crippen molar-refractivity contribution in [3.05, 3.63) is 52.8 Å². The van der Waals surface area contributed by atoms with Crippen LogP contribution in [0.3, 0.4) is 0 Å². The van der Waals surface area contributed by atoms with Crippen molar-refractivity contribution in [1.82, 2.24) is 15.0 Å². The summed E-state index contributed by atoms with van der Waals surface area (Å²) >= 11 is 12.0. The van der Waals surface area contributed by atoms with Crippen LogP contribution in [0.15, 0.2) is 42.7 Å². The predicted octanol–water partition coefficient (Wildman–Crippen LogP) is 5.11. The number of hydrogen-bond donors (Lipinski definition) is 3. The lowest BCUT2D eigenvalue weighted by atomic mass is 10.2. The average molecular weight is 390 g/mol. The fourth-order valence-corrected chi connectivity index (χ4v) is 2.77. The quantitative estimate of drug-likeness (QED) is 0.525. The standard InChI is InChI=1S/C18H17Cl2N5O/c1-10(2)22-18-24-15(11-4-3-5-21-9-11)8-16(25-18)23-12-6-13(19)17(26)14(20)7-12/h3-10,26H,1-2H3,(H2,22,23,24,25). The van der Waals surface area contributed by atoms with Gasteiger partial charge in [-0.3, -0.25) is 4.98 Å². The van der Waals surface area contributed by atoms with Crippen LogP contribution >= 0.6 is 23.2 Å². The van der Waals surface area contributed by atoms with Gasteiger partial charge in [0, 0.05) is 35.8 Å². The van der Waals surface area contributed by atoms with Crippen LogP contribution in [0, 0.1) is 0 Å². The van der Waals surface area contributed by atoms with Crippen molar-refractivity contribution in [3.8, 4) is 17.0 Å². The van der Waals surface area contributed by atoms with Gasteiger partial charge in [-0.15, -0.1) is 0 Å². The van der Waals surface area contributed by atoms with Gasteiger partial charge in [-0.25, -0.2) is 4.98 Å². The van der Waals surface area contributed by atoms with Gasteiger partial charge in [-0.05, 0) is 38.1 Å². The minimum absolute atomic E-state index is 0.153. The van der Waals surface area contributed by atoms with E-state index in [1.54, 1.807) is 30.6 Å². The summed E-state index contributed by atoms with van der Waals surface area (Å²) in [5.41, 5.74) is 2.19. The number of aromatic nitrogens is 3. The molecule has 134 valence electrons. The molecule has 0 saturated carbocycles. The molecule has 0 aliphatic carbocycles. The SMILES string of the molecule is CC(C)Nc1nc(Nc2cc(Cl)c(O)c(Cl)c2)cc(-c2cccnc2)n1. The highest BCUT2D eigenvalue weighted by Gasteiger charge is 2.11. The Labute approximate surface area is 161 Å². The van der Waals surface area contributed by atoms with Gasteiger partial charge in [0.15, 0.2) is 5.75 Å². The monoisotopic (exact) mass is 389 g/mol. The van der Waals surface area contributed by atoms with E-state index in [-0.39, 0.29) is 21.8 Å². The van der Waals surface area contributed by atoms with Crippen LogP contribution in [-0.2, 0) is 0 Å². The Morgan fingerprint density at radius 2 is 1.81 bits per heavy atom. The lowest BCUT2D eigenvalue weighted by Crippen LogP contribution is -2.13. The molecule has 3 N–H and O–H groups in total. The highest BCUT2D eigenvalue weighted by Crippen LogP contribution is 2.35. The minimum Gasteiger partial charge on any atom is -0.505 e. The van der Waals surface area contributed by atoms with E-state index >= 15 is 0 Å². The Hall–Kier alpha value is -2.57. The highest BCUT2D eigenvalue weighted by molar-refractivity contribution is 6.37. The molecule has 1 aromatic carbocycles. The fraction of sp³-hybridized carbons (Fsp3) is 0.167. The number of pyridine rings is 1. The van der Waals surface area contributed by atoms with Gasteiger partial charge < -0.3 is 15.7 Å². The van der Waals surface area contributed by atoms with Crippen LogP contribution in [0.5, 0.6) is 5.75 Å². The molecule has 0 aliphatic rings. The molecular weight excluding hydrogens is 373 g/mol. The molecule has 2 aromatic heterocycles. The summed E-state index contributed by atoms with van der Waals surface area (Å²) in [5.74, 6) is 0.888. The zero-order valence-corrected chi connectivity index (χ0v) is 15.7. The van der Waals surface area contributed by atoms with Crippen molar-refractivity contribution in [2.75, 3.05) is 10.6 Å². The number of benzene rings is 1. The molecule has 6 nitrogen and oxygen atoms in total. The lowest BCUT2D eigenvalue weighted by molar-refractivity contribution is 0.476. The first-order chi connectivity index (χ1) is 12.4. The Kier molecular flexibility index (Phi) is 5.44. The molecule has 3 aromatic rings. The van der Waals surface area contributed by atoms with Crippen LogP contribution in [0.1, 0.15) is 13.8 Å². The van der Waals surface area contributed by atoms with Crippen molar-refractivity contribution >= 4 is 40.7 Å². The Balaban J connectivity index is 2.00. The Morgan fingerprint density at radius 1 is 1.08 bits per heavy atom. The second kappa shape index (κ2) is 7.76. The largest absolute Gasteiger partial charge is 0.505 e. The van der Waals surface area contributed by atoms with Gasteiger partial charge in [0.1, 0.15) is 5.82 Å². The van der Waals surface area contributed by atoms with Gasteiger partial charge >= 0.3 is 0 Å². The van der Waals surface area contributed by atoms with Crippen molar-refractivity contribution < 1.29 is 5.11 Å². The summed E-state index contributed by atoms with van der Waals surface area (Å²) in [6, 6.07) is 8.89. The van der Waals surface area contributed by atoms with Crippen molar-refractivity contribution in [3.63, 3.8) is 0 Å². The molecule has 0 radical (unpaired) electrons. The van der Waals surface area contributed by atoms with E-state index in [0.29, 0.717) is 17.5 Å². The maximum Gasteiger partial charge on any atom is 0.225 e. The number of rotatable bonds is 5. The minimum atomic E-state index is -0.153. The van der Waals surface area contributed by atoms with Gasteiger partial charge in [-0.2, -0.15) is 4.98 Å². The van der Waals surface area contributed by atoms with Crippen molar-refractivity contribution in [2.24, 2.45) is 0 Å². The molecule has 0 unspecified atom stereocenters. The second-order valence-electron chi connectivity index (χ2n) is 5.92. The van der Waals surface area contributed by atoms with Crippen LogP contribution in [0.25, 0.3) is 11.3 Å².